The van der Waals surface area contributed by atoms with E-state index in [9.17, 15) is 0 Å². The second kappa shape index (κ2) is 3.24. The zero-order valence-corrected chi connectivity index (χ0v) is 9.22. The van der Waals surface area contributed by atoms with E-state index < -0.39 is 0 Å². The van der Waals surface area contributed by atoms with Crippen molar-refractivity contribution in [3.63, 3.8) is 0 Å². The molecule has 2 nitrogen and oxygen atoms in total. The Morgan fingerprint density at radius 2 is 2.08 bits per heavy atom. The minimum absolute atomic E-state index is 0.504. The summed E-state index contributed by atoms with van der Waals surface area (Å²) in [6.45, 7) is 1.83. The van der Waals surface area contributed by atoms with Gasteiger partial charge in [-0.05, 0) is 25.1 Å². The molecule has 13 heavy (non-hydrogen) atoms. The van der Waals surface area contributed by atoms with Crippen LogP contribution in [0.15, 0.2) is 22.7 Å². The number of nitrogens with zero attached hydrogens (tertiary/aromatic N) is 2. The van der Waals surface area contributed by atoms with Crippen LogP contribution in [0.5, 0.6) is 0 Å². The van der Waals surface area contributed by atoms with E-state index in [4.69, 9.17) is 11.6 Å². The van der Waals surface area contributed by atoms with Gasteiger partial charge in [0.25, 0.3) is 0 Å². The van der Waals surface area contributed by atoms with E-state index in [1.807, 2.05) is 25.1 Å². The Hall–Kier alpha value is -0.670. The van der Waals surface area contributed by atoms with Crippen LogP contribution in [0, 0.1) is 6.92 Å². The number of aryl methyl sites for hydroxylation is 1. The number of fused-ring (bicyclic) bond motifs is 1. The molecule has 2 aromatic rings. The minimum Gasteiger partial charge on any atom is -0.233 e. The average molecular weight is 258 g/mol. The predicted molar refractivity (Wildman–Crippen MR) is 57.0 cm³/mol. The normalized spacial score (nSPS) is 10.7. The summed E-state index contributed by atoms with van der Waals surface area (Å²) in [4.78, 5) is 8.34. The maximum Gasteiger partial charge on any atom is 0.140 e. The summed E-state index contributed by atoms with van der Waals surface area (Å²) in [6.07, 6.45) is 0. The molecule has 0 aliphatic heterocycles. The van der Waals surface area contributed by atoms with Crippen LogP contribution in [0.3, 0.4) is 0 Å². The smallest absolute Gasteiger partial charge is 0.140 e. The number of hydrogen-bond acceptors (Lipinski definition) is 2. The van der Waals surface area contributed by atoms with Gasteiger partial charge in [-0.2, -0.15) is 0 Å². The topological polar surface area (TPSA) is 25.8 Å². The van der Waals surface area contributed by atoms with Crippen LogP contribution in [0.4, 0.5) is 0 Å². The van der Waals surface area contributed by atoms with E-state index in [1.165, 1.54) is 0 Å². The van der Waals surface area contributed by atoms with Crippen molar-refractivity contribution in [3.8, 4) is 0 Å². The fourth-order valence-electron chi connectivity index (χ4n) is 1.17. The number of aromatic nitrogens is 2. The Morgan fingerprint density at radius 1 is 1.31 bits per heavy atom. The molecule has 0 spiro atoms. The quantitative estimate of drug-likeness (QED) is 0.676. The molecule has 0 saturated heterocycles. The fraction of sp³-hybridized carbons (Fsp3) is 0.111. The second-order valence-electron chi connectivity index (χ2n) is 2.72. The first-order valence-electron chi connectivity index (χ1n) is 3.76. The molecule has 0 fully saturated rings. The summed E-state index contributed by atoms with van der Waals surface area (Å²) in [7, 11) is 0. The SMILES string of the molecule is Cc1nc(Cl)c2cc(Br)ccc2n1. The average Bonchev–Trinajstić information content (AvgIpc) is 2.06. The van der Waals surface area contributed by atoms with Crippen molar-refractivity contribution < 1.29 is 0 Å². The fourth-order valence-corrected chi connectivity index (χ4v) is 1.81. The van der Waals surface area contributed by atoms with Gasteiger partial charge in [0.15, 0.2) is 0 Å². The Bertz CT molecular complexity index is 470. The molecule has 1 aromatic carbocycles. The Morgan fingerprint density at radius 3 is 2.85 bits per heavy atom. The van der Waals surface area contributed by atoms with Crippen LogP contribution < -0.4 is 0 Å². The lowest BCUT2D eigenvalue weighted by Crippen LogP contribution is -1.89. The first kappa shape index (κ1) is 8.91. The second-order valence-corrected chi connectivity index (χ2v) is 4.00. The van der Waals surface area contributed by atoms with Gasteiger partial charge in [-0.3, -0.25) is 0 Å². The molecule has 0 aliphatic carbocycles. The van der Waals surface area contributed by atoms with Gasteiger partial charge in [0, 0.05) is 9.86 Å². The lowest BCUT2D eigenvalue weighted by Gasteiger charge is -2.00. The molecule has 0 N–H and O–H groups in total. The highest BCUT2D eigenvalue weighted by Gasteiger charge is 2.03. The van der Waals surface area contributed by atoms with Crippen molar-refractivity contribution in [2.45, 2.75) is 6.92 Å². The van der Waals surface area contributed by atoms with Crippen LogP contribution >= 0.6 is 27.5 Å². The highest BCUT2D eigenvalue weighted by Crippen LogP contribution is 2.23. The van der Waals surface area contributed by atoms with E-state index in [-0.39, 0.29) is 0 Å². The molecule has 1 heterocycles. The lowest BCUT2D eigenvalue weighted by atomic mass is 10.2. The standard InChI is InChI=1S/C9H6BrClN2/c1-5-12-8-3-2-6(10)4-7(8)9(11)13-5/h2-4H,1H3. The van der Waals surface area contributed by atoms with Crippen LogP contribution in [-0.4, -0.2) is 9.97 Å². The van der Waals surface area contributed by atoms with Crippen molar-refractivity contribution in [3.05, 3.63) is 33.6 Å². The third kappa shape index (κ3) is 1.67. The third-order valence-corrected chi connectivity index (χ3v) is 2.50. The number of hydrogen-bond donors (Lipinski definition) is 0. The Balaban J connectivity index is 2.87. The van der Waals surface area contributed by atoms with E-state index in [2.05, 4.69) is 25.9 Å². The maximum absolute atomic E-state index is 5.96. The summed E-state index contributed by atoms with van der Waals surface area (Å²) in [5.41, 5.74) is 0.876. The maximum atomic E-state index is 5.96. The summed E-state index contributed by atoms with van der Waals surface area (Å²) in [6, 6.07) is 5.77. The molecule has 4 heteroatoms. The van der Waals surface area contributed by atoms with Gasteiger partial charge >= 0.3 is 0 Å². The van der Waals surface area contributed by atoms with Crippen LogP contribution in [0.1, 0.15) is 5.82 Å². The van der Waals surface area contributed by atoms with Crippen molar-refractivity contribution in [1.29, 1.82) is 0 Å². The Labute approximate surface area is 89.1 Å². The van der Waals surface area contributed by atoms with Gasteiger partial charge in [0.2, 0.25) is 0 Å². The van der Waals surface area contributed by atoms with Crippen LogP contribution in [0.2, 0.25) is 5.15 Å². The third-order valence-electron chi connectivity index (χ3n) is 1.72. The molecular weight excluding hydrogens is 251 g/mol. The van der Waals surface area contributed by atoms with Crippen molar-refractivity contribution in [1.82, 2.24) is 9.97 Å². The molecule has 0 bridgehead atoms. The first-order chi connectivity index (χ1) is 6.16. The van der Waals surface area contributed by atoms with Gasteiger partial charge in [-0.15, -0.1) is 0 Å². The highest BCUT2D eigenvalue weighted by molar-refractivity contribution is 9.10. The summed E-state index contributed by atoms with van der Waals surface area (Å²) in [5.74, 6) is 0.694. The molecule has 0 amide bonds. The minimum atomic E-state index is 0.504. The predicted octanol–water partition coefficient (Wildman–Crippen LogP) is 3.35. The largest absolute Gasteiger partial charge is 0.233 e. The number of rotatable bonds is 0. The summed E-state index contributed by atoms with van der Waals surface area (Å²) >= 11 is 9.33. The van der Waals surface area contributed by atoms with Gasteiger partial charge in [-0.25, -0.2) is 9.97 Å². The number of halogens is 2. The van der Waals surface area contributed by atoms with Gasteiger partial charge in [-0.1, -0.05) is 27.5 Å². The summed E-state index contributed by atoms with van der Waals surface area (Å²) < 4.78 is 0.981. The number of benzene rings is 1. The van der Waals surface area contributed by atoms with Crippen molar-refractivity contribution in [2.75, 3.05) is 0 Å². The van der Waals surface area contributed by atoms with E-state index in [1.54, 1.807) is 0 Å². The highest BCUT2D eigenvalue weighted by atomic mass is 79.9. The van der Waals surface area contributed by atoms with E-state index in [0.29, 0.717) is 11.0 Å². The van der Waals surface area contributed by atoms with Crippen molar-refractivity contribution in [2.24, 2.45) is 0 Å². The molecule has 0 aliphatic rings. The zero-order chi connectivity index (χ0) is 9.42. The molecule has 66 valence electrons. The first-order valence-corrected chi connectivity index (χ1v) is 4.93. The van der Waals surface area contributed by atoms with Gasteiger partial charge in [0.05, 0.1) is 5.52 Å². The summed E-state index contributed by atoms with van der Waals surface area (Å²) in [5, 5.41) is 1.38. The molecule has 2 rings (SSSR count). The molecular formula is C9H6BrClN2. The van der Waals surface area contributed by atoms with Crippen molar-refractivity contribution >= 4 is 38.4 Å². The monoisotopic (exact) mass is 256 g/mol. The van der Waals surface area contributed by atoms with Crippen LogP contribution in [-0.2, 0) is 0 Å². The lowest BCUT2D eigenvalue weighted by molar-refractivity contribution is 1.09. The zero-order valence-electron chi connectivity index (χ0n) is 6.88. The molecule has 0 unspecified atom stereocenters. The van der Waals surface area contributed by atoms with E-state index in [0.717, 1.165) is 15.4 Å². The van der Waals surface area contributed by atoms with Gasteiger partial charge in [0.1, 0.15) is 11.0 Å². The molecule has 0 saturated carbocycles. The van der Waals surface area contributed by atoms with Crippen LogP contribution in [0.25, 0.3) is 10.9 Å². The molecule has 0 radical (unpaired) electrons. The Kier molecular flexibility index (Phi) is 2.22. The molecule has 0 atom stereocenters. The van der Waals surface area contributed by atoms with Gasteiger partial charge < -0.3 is 0 Å². The van der Waals surface area contributed by atoms with E-state index >= 15 is 0 Å². The molecule has 1 aromatic heterocycles.